The molecule has 1 N–H and O–H groups in total. The lowest BCUT2D eigenvalue weighted by Crippen LogP contribution is -2.52. The monoisotopic (exact) mass is 488 g/mol. The summed E-state index contributed by atoms with van der Waals surface area (Å²) in [5.74, 6) is 0.819. The first-order chi connectivity index (χ1) is 12.8. The maximum atomic E-state index is 14.0. The van der Waals surface area contributed by atoms with E-state index in [-0.39, 0.29) is 29.8 Å². The number of hydrogen-bond acceptors (Lipinski definition) is 3. The molecule has 2 heterocycles. The fourth-order valence-electron chi connectivity index (χ4n) is 3.39. The second-order valence-corrected chi connectivity index (χ2v) is 6.60. The minimum Gasteiger partial charge on any atom is -0.377 e. The van der Waals surface area contributed by atoms with E-state index in [9.17, 15) is 4.39 Å². The predicted octanol–water partition coefficient (Wildman–Crippen LogP) is 3.27. The number of anilines is 1. The second kappa shape index (κ2) is 11.5. The van der Waals surface area contributed by atoms with Gasteiger partial charge in [-0.25, -0.2) is 4.39 Å². The lowest BCUT2D eigenvalue weighted by molar-refractivity contribution is 0.153. The van der Waals surface area contributed by atoms with Crippen LogP contribution in [-0.4, -0.2) is 63.3 Å². The summed E-state index contributed by atoms with van der Waals surface area (Å²) in [5, 5.41) is 3.40. The molecule has 0 radical (unpaired) electrons. The predicted molar refractivity (Wildman–Crippen MR) is 120 cm³/mol. The van der Waals surface area contributed by atoms with E-state index in [2.05, 4.69) is 28.1 Å². The zero-order chi connectivity index (χ0) is 18.2. The topological polar surface area (TPSA) is 40.1 Å². The van der Waals surface area contributed by atoms with Gasteiger partial charge in [0.05, 0.1) is 18.9 Å². The van der Waals surface area contributed by atoms with Crippen LogP contribution in [0.25, 0.3) is 0 Å². The van der Waals surface area contributed by atoms with Crippen LogP contribution in [0.15, 0.2) is 40.9 Å². The number of rotatable bonds is 5. The average Bonchev–Trinajstić information content (AvgIpc) is 2.69. The van der Waals surface area contributed by atoms with Crippen LogP contribution in [0.5, 0.6) is 0 Å². The number of piperazine rings is 1. The smallest absolute Gasteiger partial charge is 0.194 e. The van der Waals surface area contributed by atoms with Crippen LogP contribution in [0.2, 0.25) is 0 Å². The molecular weight excluding hydrogens is 458 g/mol. The van der Waals surface area contributed by atoms with Crippen LogP contribution in [0.3, 0.4) is 0 Å². The molecule has 1 saturated heterocycles. The van der Waals surface area contributed by atoms with Gasteiger partial charge in [0.2, 0.25) is 0 Å². The fourth-order valence-corrected chi connectivity index (χ4v) is 3.39. The number of nitrogens with zero attached hydrogens (tertiary/aromatic N) is 3. The van der Waals surface area contributed by atoms with E-state index in [1.807, 2.05) is 12.1 Å². The molecule has 5 nitrogen and oxygen atoms in total. The quantitative estimate of drug-likeness (QED) is 0.299. The highest BCUT2D eigenvalue weighted by Gasteiger charge is 2.21. The number of benzene rings is 1. The highest BCUT2D eigenvalue weighted by molar-refractivity contribution is 14.0. The Morgan fingerprint density at radius 3 is 2.67 bits per heavy atom. The molecule has 0 aliphatic carbocycles. The molecule has 0 saturated carbocycles. The van der Waals surface area contributed by atoms with Gasteiger partial charge in [0.15, 0.2) is 5.96 Å². The van der Waals surface area contributed by atoms with E-state index in [1.165, 1.54) is 11.6 Å². The van der Waals surface area contributed by atoms with Crippen molar-refractivity contribution in [1.82, 2.24) is 10.2 Å². The number of guanidine groups is 1. The van der Waals surface area contributed by atoms with Crippen LogP contribution >= 0.6 is 24.0 Å². The maximum absolute atomic E-state index is 14.0. The van der Waals surface area contributed by atoms with E-state index in [0.717, 1.165) is 71.3 Å². The molecule has 1 aromatic rings. The highest BCUT2D eigenvalue weighted by atomic mass is 127. The van der Waals surface area contributed by atoms with Gasteiger partial charge in [-0.3, -0.25) is 4.99 Å². The summed E-state index contributed by atoms with van der Waals surface area (Å²) >= 11 is 0. The molecule has 0 atom stereocenters. The summed E-state index contributed by atoms with van der Waals surface area (Å²) in [7, 11) is 0. The van der Waals surface area contributed by atoms with Crippen molar-refractivity contribution in [3.05, 3.63) is 41.7 Å². The molecule has 0 bridgehead atoms. The van der Waals surface area contributed by atoms with Crippen molar-refractivity contribution in [2.45, 2.75) is 19.8 Å². The standard InChI is InChI=1S/C20H29FN4O.HI/c1-2-22-20(23-10-7-17-8-15-26-16-9-17)25-13-11-24(12-14-25)19-6-4-3-5-18(19)21;/h3-6,8H,2,7,9-16H2,1H3,(H,22,23);1H. The summed E-state index contributed by atoms with van der Waals surface area (Å²) in [6.45, 7) is 8.58. The van der Waals surface area contributed by atoms with Gasteiger partial charge in [0, 0.05) is 39.3 Å². The summed E-state index contributed by atoms with van der Waals surface area (Å²) in [4.78, 5) is 9.19. The number of halogens is 2. The highest BCUT2D eigenvalue weighted by Crippen LogP contribution is 2.20. The van der Waals surface area contributed by atoms with Gasteiger partial charge in [0.1, 0.15) is 5.82 Å². The molecule has 2 aliphatic heterocycles. The van der Waals surface area contributed by atoms with Crippen molar-refractivity contribution < 1.29 is 9.13 Å². The van der Waals surface area contributed by atoms with E-state index >= 15 is 0 Å². The molecule has 1 aromatic carbocycles. The van der Waals surface area contributed by atoms with Gasteiger partial charge < -0.3 is 19.9 Å². The average molecular weight is 488 g/mol. The van der Waals surface area contributed by atoms with Crippen LogP contribution < -0.4 is 10.2 Å². The van der Waals surface area contributed by atoms with Gasteiger partial charge in [0.25, 0.3) is 0 Å². The first-order valence-corrected chi connectivity index (χ1v) is 9.56. The second-order valence-electron chi connectivity index (χ2n) is 6.60. The SMILES string of the molecule is CCNC(=NCCC1=CCOCC1)N1CCN(c2ccccc2F)CC1.I. The first kappa shape index (κ1) is 21.9. The Morgan fingerprint density at radius 1 is 1.22 bits per heavy atom. The molecule has 2 aliphatic rings. The van der Waals surface area contributed by atoms with Crippen molar-refractivity contribution in [2.24, 2.45) is 4.99 Å². The molecule has 27 heavy (non-hydrogen) atoms. The van der Waals surface area contributed by atoms with Gasteiger partial charge in [-0.15, -0.1) is 24.0 Å². The largest absolute Gasteiger partial charge is 0.377 e. The van der Waals surface area contributed by atoms with Crippen molar-refractivity contribution in [2.75, 3.05) is 57.4 Å². The third-order valence-electron chi connectivity index (χ3n) is 4.86. The molecule has 0 amide bonds. The summed E-state index contributed by atoms with van der Waals surface area (Å²) in [5.41, 5.74) is 2.14. The van der Waals surface area contributed by atoms with Gasteiger partial charge in [-0.05, 0) is 31.9 Å². The van der Waals surface area contributed by atoms with Crippen LogP contribution in [0, 0.1) is 5.82 Å². The maximum Gasteiger partial charge on any atom is 0.194 e. The first-order valence-electron chi connectivity index (χ1n) is 9.56. The van der Waals surface area contributed by atoms with Gasteiger partial charge >= 0.3 is 0 Å². The van der Waals surface area contributed by atoms with E-state index < -0.39 is 0 Å². The van der Waals surface area contributed by atoms with Crippen molar-refractivity contribution in [3.63, 3.8) is 0 Å². The third-order valence-corrected chi connectivity index (χ3v) is 4.86. The molecule has 0 unspecified atom stereocenters. The lowest BCUT2D eigenvalue weighted by atomic mass is 10.1. The lowest BCUT2D eigenvalue weighted by Gasteiger charge is -2.37. The Kier molecular flexibility index (Phi) is 9.33. The van der Waals surface area contributed by atoms with E-state index in [1.54, 1.807) is 6.07 Å². The normalized spacial score (nSPS) is 18.0. The van der Waals surface area contributed by atoms with Crippen molar-refractivity contribution in [3.8, 4) is 0 Å². The van der Waals surface area contributed by atoms with Crippen LogP contribution in [0.1, 0.15) is 19.8 Å². The zero-order valence-electron chi connectivity index (χ0n) is 16.0. The number of ether oxygens (including phenoxy) is 1. The summed E-state index contributed by atoms with van der Waals surface area (Å²) in [6, 6.07) is 7.00. The van der Waals surface area contributed by atoms with Crippen LogP contribution in [-0.2, 0) is 4.74 Å². The number of nitrogens with one attached hydrogen (secondary N) is 1. The molecule has 3 rings (SSSR count). The summed E-state index contributed by atoms with van der Waals surface area (Å²) in [6.07, 6.45) is 4.19. The molecule has 1 fully saturated rings. The van der Waals surface area contributed by atoms with Crippen LogP contribution in [0.4, 0.5) is 10.1 Å². The fraction of sp³-hybridized carbons (Fsp3) is 0.550. The Bertz CT molecular complexity index is 645. The minimum absolute atomic E-state index is 0. The number of para-hydroxylation sites is 1. The van der Waals surface area contributed by atoms with E-state index in [0.29, 0.717) is 5.69 Å². The Labute approximate surface area is 178 Å². The Hall–Kier alpha value is -1.35. The molecule has 150 valence electrons. The Balaban J connectivity index is 0.00000261. The summed E-state index contributed by atoms with van der Waals surface area (Å²) < 4.78 is 19.3. The van der Waals surface area contributed by atoms with Gasteiger partial charge in [-0.1, -0.05) is 23.8 Å². The molecular formula is C20H30FIN4O. The number of aliphatic imine (C=N–C) groups is 1. The zero-order valence-corrected chi connectivity index (χ0v) is 18.3. The minimum atomic E-state index is -0.147. The number of hydrogen-bond donors (Lipinski definition) is 1. The van der Waals surface area contributed by atoms with Crippen molar-refractivity contribution in [1.29, 1.82) is 0 Å². The molecule has 0 aromatic heterocycles. The van der Waals surface area contributed by atoms with Crippen molar-refractivity contribution >= 4 is 35.6 Å². The third kappa shape index (κ3) is 6.34. The van der Waals surface area contributed by atoms with E-state index in [4.69, 9.17) is 9.73 Å². The molecule has 7 heteroatoms. The Morgan fingerprint density at radius 2 is 2.00 bits per heavy atom. The molecule has 0 spiro atoms. The van der Waals surface area contributed by atoms with Gasteiger partial charge in [-0.2, -0.15) is 0 Å².